The maximum atomic E-state index is 15.0. The van der Waals surface area contributed by atoms with Crippen molar-refractivity contribution in [1.29, 1.82) is 0 Å². The van der Waals surface area contributed by atoms with Gasteiger partial charge in [-0.3, -0.25) is 19.3 Å². The van der Waals surface area contributed by atoms with Crippen LogP contribution < -0.4 is 48.9 Å². The molecule has 5 aromatic carbocycles. The van der Waals surface area contributed by atoms with Crippen LogP contribution in [0.25, 0.3) is 0 Å². The molecule has 5 aromatic rings. The number of nitrogens with one attached hydrogen (secondary N) is 2. The largest absolute Gasteiger partial charge is 0.493 e. The SMILES string of the molecule is COc1cc2c(cc1OCCCCCOc1cc3c(cc1OC)C(=O)N1Cc4ccccc4C[C@H]1[C@H](O)N3C(=O)OCc1ccc(O[C@@H]3O[C@H](C(=O)O)[C@@H](O)[C@H](O)[C@H]3O)c(NC(=O)CCOCCOCCOCCOCCNC(=O)OCC3[C@H]4CCC#CCC[C@@H]34)c1)N(C(=O)OCc1ccc(O[C@@H]3O[C@H](C(=O)O)[C@@H](O)[C@H](O)[C@H]3O)cc1)C[C@@H]1CC3(CC3)CN1C2=O. The normalized spacial score (nSPS) is 25.9. The molecule has 0 aromatic heterocycles. The summed E-state index contributed by atoms with van der Waals surface area (Å²) in [6, 6.07) is 22.1. The summed E-state index contributed by atoms with van der Waals surface area (Å²) >= 11 is 0. The van der Waals surface area contributed by atoms with Crippen LogP contribution in [0.3, 0.4) is 0 Å². The molecule has 6 amide bonds. The number of methoxy groups -OCH3 is 2. The van der Waals surface area contributed by atoms with Gasteiger partial charge in [0.1, 0.15) is 61.3 Å². The van der Waals surface area contributed by atoms with E-state index in [2.05, 4.69) is 22.5 Å². The third-order valence-corrected chi connectivity index (χ3v) is 24.1. The number of carboxylic acid groups (broad SMARTS) is 2. The highest BCUT2D eigenvalue weighted by Crippen LogP contribution is 2.57. The highest BCUT2D eigenvalue weighted by molar-refractivity contribution is 6.07. The smallest absolute Gasteiger partial charge is 0.416 e. The van der Waals surface area contributed by atoms with Gasteiger partial charge in [-0.15, -0.1) is 11.8 Å². The minimum atomic E-state index is -2.05. The van der Waals surface area contributed by atoms with Crippen molar-refractivity contribution < 1.29 is 155 Å². The molecule has 6 aliphatic heterocycles. The van der Waals surface area contributed by atoms with Gasteiger partial charge in [0.15, 0.2) is 41.4 Å². The van der Waals surface area contributed by atoms with Gasteiger partial charge in [-0.2, -0.15) is 0 Å². The fourth-order valence-electron chi connectivity index (χ4n) is 17.0. The van der Waals surface area contributed by atoms with E-state index in [0.717, 1.165) is 54.6 Å². The van der Waals surface area contributed by atoms with Crippen molar-refractivity contribution in [3.8, 4) is 46.3 Å². The van der Waals surface area contributed by atoms with Crippen molar-refractivity contribution >= 4 is 65.0 Å². The number of rotatable bonds is 38. The van der Waals surface area contributed by atoms with Crippen molar-refractivity contribution in [3.63, 3.8) is 0 Å². The highest BCUT2D eigenvalue weighted by Gasteiger charge is 2.56. The van der Waals surface area contributed by atoms with E-state index in [0.29, 0.717) is 68.8 Å². The Balaban J connectivity index is 0.585. The first kappa shape index (κ1) is 91.3. The van der Waals surface area contributed by atoms with Crippen molar-refractivity contribution in [2.24, 2.45) is 23.2 Å². The molecule has 11 N–H and O–H groups in total. The molecule has 1 unspecified atom stereocenters. The number of anilines is 3. The Morgan fingerprint density at radius 1 is 0.556 bits per heavy atom. The first-order valence-electron chi connectivity index (χ1n) is 42.2. The fraction of sp³-hybridized carbons (Fsp3) is 0.545. The lowest BCUT2D eigenvalue weighted by atomic mass is 9.93. The number of aliphatic hydroxyl groups excluding tert-OH is 7. The van der Waals surface area contributed by atoms with Gasteiger partial charge in [0.25, 0.3) is 11.8 Å². The molecule has 1 spiro atoms. The van der Waals surface area contributed by atoms with Gasteiger partial charge >= 0.3 is 30.2 Å². The number of hydrogen-bond acceptors (Lipinski definition) is 30. The summed E-state index contributed by atoms with van der Waals surface area (Å²) in [4.78, 5) is 114. The molecule has 126 heavy (non-hydrogen) atoms. The zero-order chi connectivity index (χ0) is 88.9. The molecule has 0 bridgehead atoms. The van der Waals surface area contributed by atoms with E-state index in [1.54, 1.807) is 24.3 Å². The number of aliphatic hydroxyl groups is 7. The number of fused-ring (bicyclic) bond motifs is 6. The Kier molecular flexibility index (Phi) is 30.2. The second kappa shape index (κ2) is 41.7. The zero-order valence-corrected chi connectivity index (χ0v) is 69.6. The second-order valence-electron chi connectivity index (χ2n) is 32.4. The number of aliphatic carboxylic acids is 2. The van der Waals surface area contributed by atoms with Crippen molar-refractivity contribution in [2.75, 3.05) is 122 Å². The van der Waals surface area contributed by atoms with Crippen LogP contribution in [-0.4, -0.2) is 290 Å². The quantitative estimate of drug-likeness (QED) is 0.0146. The molecule has 38 nitrogen and oxygen atoms in total. The maximum Gasteiger partial charge on any atom is 0.416 e. The number of nitrogens with zero attached hydrogens (tertiary/aromatic N) is 4. The van der Waals surface area contributed by atoms with E-state index in [-0.39, 0.29) is 184 Å². The van der Waals surface area contributed by atoms with Gasteiger partial charge in [-0.1, -0.05) is 42.5 Å². The van der Waals surface area contributed by atoms with E-state index < -0.39 is 122 Å². The molecule has 0 radical (unpaired) electrons. The lowest BCUT2D eigenvalue weighted by Crippen LogP contribution is -2.61. The Hall–Kier alpha value is -10.9. The predicted octanol–water partition coefficient (Wildman–Crippen LogP) is 4.63. The molecule has 680 valence electrons. The lowest BCUT2D eigenvalue weighted by molar-refractivity contribution is -0.271. The number of benzene rings is 5. The zero-order valence-electron chi connectivity index (χ0n) is 69.6. The number of alkyl carbamates (subject to hydrolysis) is 1. The topological polar surface area (TPSA) is 494 Å². The Morgan fingerprint density at radius 3 is 1.72 bits per heavy atom. The lowest BCUT2D eigenvalue weighted by Gasteiger charge is -2.39. The fourth-order valence-corrected chi connectivity index (χ4v) is 17.0. The van der Waals surface area contributed by atoms with Gasteiger partial charge < -0.3 is 137 Å². The molecule has 6 heterocycles. The van der Waals surface area contributed by atoms with Crippen LogP contribution >= 0.6 is 0 Å². The number of amides is 6. The van der Waals surface area contributed by atoms with Gasteiger partial charge in [0.05, 0.1) is 134 Å². The first-order valence-corrected chi connectivity index (χ1v) is 42.2. The minimum Gasteiger partial charge on any atom is -0.493 e. The molecule has 5 fully saturated rings. The summed E-state index contributed by atoms with van der Waals surface area (Å²) in [7, 11) is 2.82. The van der Waals surface area contributed by atoms with E-state index in [9.17, 15) is 79.5 Å². The predicted molar refractivity (Wildman–Crippen MR) is 437 cm³/mol. The molecule has 2 saturated carbocycles. The van der Waals surface area contributed by atoms with Crippen LogP contribution in [-0.2, 0) is 83.2 Å². The van der Waals surface area contributed by atoms with Crippen molar-refractivity contribution in [1.82, 2.24) is 15.1 Å². The average Bonchev–Trinajstić information content (AvgIpc) is 1.58. The van der Waals surface area contributed by atoms with E-state index in [1.165, 1.54) is 66.5 Å². The third kappa shape index (κ3) is 21.7. The number of carbonyl (C=O) groups is 8. The summed E-state index contributed by atoms with van der Waals surface area (Å²) in [6.45, 7) is 2.32. The van der Waals surface area contributed by atoms with Crippen LogP contribution in [0, 0.1) is 35.0 Å². The van der Waals surface area contributed by atoms with Gasteiger partial charge in [0, 0.05) is 51.2 Å². The number of carbonyl (C=O) groups excluding carboxylic acids is 6. The summed E-state index contributed by atoms with van der Waals surface area (Å²) in [6.07, 6.45) is -15.4. The van der Waals surface area contributed by atoms with E-state index >= 15 is 4.79 Å². The molecule has 3 aliphatic carbocycles. The molecule has 3 saturated heterocycles. The summed E-state index contributed by atoms with van der Waals surface area (Å²) in [5, 5.41) is 100. The Morgan fingerprint density at radius 2 is 1.11 bits per heavy atom. The highest BCUT2D eigenvalue weighted by atomic mass is 16.7. The Bertz CT molecular complexity index is 4760. The molecule has 14 rings (SSSR count). The summed E-state index contributed by atoms with van der Waals surface area (Å²) in [5.74, 6) is 3.82. The van der Waals surface area contributed by atoms with Crippen LogP contribution in [0.1, 0.15) is 114 Å². The molecular formula is C88H106N6O32. The molecular weight excluding hydrogens is 1650 g/mol. The van der Waals surface area contributed by atoms with Crippen LogP contribution in [0.5, 0.6) is 34.5 Å². The minimum absolute atomic E-state index is 0.0275. The van der Waals surface area contributed by atoms with E-state index in [4.69, 9.17) is 71.1 Å². The van der Waals surface area contributed by atoms with Crippen LogP contribution in [0.2, 0.25) is 0 Å². The van der Waals surface area contributed by atoms with E-state index in [1.807, 2.05) is 29.2 Å². The number of hydrogen-bond donors (Lipinski definition) is 11. The van der Waals surface area contributed by atoms with Crippen LogP contribution in [0.4, 0.5) is 31.4 Å². The van der Waals surface area contributed by atoms with Gasteiger partial charge in [-0.05, 0) is 140 Å². The first-order chi connectivity index (χ1) is 60.9. The Labute approximate surface area is 724 Å². The second-order valence-corrected chi connectivity index (χ2v) is 32.4. The molecule has 9 aliphatic rings. The molecule has 16 atom stereocenters. The molecule has 38 heteroatoms. The monoisotopic (exact) mass is 1760 g/mol. The summed E-state index contributed by atoms with van der Waals surface area (Å²) in [5.41, 5.74) is 2.52. The van der Waals surface area contributed by atoms with Crippen molar-refractivity contribution in [3.05, 3.63) is 124 Å². The maximum absolute atomic E-state index is 15.0. The van der Waals surface area contributed by atoms with Crippen molar-refractivity contribution in [2.45, 2.75) is 177 Å². The van der Waals surface area contributed by atoms with Gasteiger partial charge in [0.2, 0.25) is 18.5 Å². The average molecular weight is 1760 g/mol. The number of ether oxygens (including phenoxy) is 15. The number of unbranched alkanes of at least 4 members (excludes halogenated alkanes) is 2. The number of carboxylic acids is 2. The standard InChI is InChI=1S/C88H106N6O32/c1-112-65-38-57-61(92(44-53-42-88(23-24-88)48-93(53)79(57)103)86(110)121-45-49-16-19-54(20-17-49)123-83-74(100)70(96)72(98)76(125-83)81(105)106)40-67(65)118-26-10-5-11-27-119-68-41-62-58(39-66(68)113-2)78(102)91-43-52-13-9-8-12-51(52)37-63(91)80(104)94(62)87(111)122-46-50-18-21-64(124-84-75(101)71(97)73(99)77(126-84)82(107)108)60(36-50)90-69(95)22-28-114-30-32-116-34-35-117-33-31-115-29-25-89-85(109)120-47-59-55-14-6-3-4-7-15-56(55)59/h8-9,12-13,16-21,36,38-41,53,55-56,59,63,70-77,80,83-84,96-101,104H,5-7,10-11,14-15,22-35,37,42-48H2,1-2H3,(H,89,109)(H,90,95)(H,105,106)(H,107,108)/t53-,55-,56+,59?,63-,70-,71-,72-,73-,74+,75+,76-,77-,80-,83+,84+/m0/s1. The van der Waals surface area contributed by atoms with Crippen LogP contribution in [0.15, 0.2) is 91.0 Å². The van der Waals surface area contributed by atoms with Gasteiger partial charge in [-0.25, -0.2) is 28.9 Å². The summed E-state index contributed by atoms with van der Waals surface area (Å²) < 4.78 is 86.3. The third-order valence-electron chi connectivity index (χ3n) is 24.1.